The highest BCUT2D eigenvalue weighted by atomic mass is 16.1. The lowest BCUT2D eigenvalue weighted by Gasteiger charge is -2.15. The number of fused-ring (bicyclic) bond motifs is 3. The molecule has 2 aliphatic carbocycles. The summed E-state index contributed by atoms with van der Waals surface area (Å²) in [4.78, 5) is 18.0. The van der Waals surface area contributed by atoms with Crippen LogP contribution in [0.2, 0.25) is 0 Å². The van der Waals surface area contributed by atoms with Crippen LogP contribution >= 0.6 is 0 Å². The summed E-state index contributed by atoms with van der Waals surface area (Å²) in [5.74, 6) is 0.539. The summed E-state index contributed by atoms with van der Waals surface area (Å²) in [6.07, 6.45) is 10.5. The van der Waals surface area contributed by atoms with Gasteiger partial charge in [0.05, 0.1) is 11.7 Å². The molecule has 1 aliphatic heterocycles. The van der Waals surface area contributed by atoms with Gasteiger partial charge in [-0.2, -0.15) is 0 Å². The molecule has 2 aromatic rings. The Hall–Kier alpha value is -3.35. The molecule has 0 amide bonds. The predicted octanol–water partition coefficient (Wildman–Crippen LogP) is 1.74. The van der Waals surface area contributed by atoms with E-state index in [9.17, 15) is 4.79 Å². The summed E-state index contributed by atoms with van der Waals surface area (Å²) in [6.45, 7) is 0. The molecule has 7 heteroatoms. The Kier molecular flexibility index (Phi) is 4.65. The van der Waals surface area contributed by atoms with Gasteiger partial charge in [-0.1, -0.05) is 29.8 Å². The van der Waals surface area contributed by atoms with Crippen LogP contribution in [0.15, 0.2) is 63.7 Å². The highest BCUT2D eigenvalue weighted by Gasteiger charge is 2.29. The first-order valence-corrected chi connectivity index (χ1v) is 10.6. The molecule has 1 atom stereocenters. The van der Waals surface area contributed by atoms with Gasteiger partial charge in [0.15, 0.2) is 0 Å². The molecule has 3 N–H and O–H groups in total. The van der Waals surface area contributed by atoms with Crippen LogP contribution in [0.1, 0.15) is 44.6 Å². The highest BCUT2D eigenvalue weighted by molar-refractivity contribution is 5.63. The zero-order valence-corrected chi connectivity index (χ0v) is 17.1. The van der Waals surface area contributed by atoms with Gasteiger partial charge in [0.25, 0.3) is 5.56 Å². The van der Waals surface area contributed by atoms with E-state index in [1.165, 1.54) is 18.4 Å². The third-order valence-corrected chi connectivity index (χ3v) is 6.15. The number of benzene rings is 1. The topological polar surface area (TPSA) is 87.2 Å². The van der Waals surface area contributed by atoms with E-state index >= 15 is 0 Å². The molecule has 0 spiro atoms. The second kappa shape index (κ2) is 7.48. The smallest absolute Gasteiger partial charge is 0.267 e. The van der Waals surface area contributed by atoms with E-state index in [1.807, 2.05) is 41.1 Å². The van der Waals surface area contributed by atoms with Crippen molar-refractivity contribution in [2.75, 3.05) is 5.32 Å². The molecule has 2 heterocycles. The summed E-state index contributed by atoms with van der Waals surface area (Å²) in [6, 6.07) is 9.79. The number of allylic oxidation sites excluding steroid dienone is 3. The van der Waals surface area contributed by atoms with Crippen LogP contribution in [0.3, 0.4) is 0 Å². The summed E-state index contributed by atoms with van der Waals surface area (Å²) in [5, 5.41) is 16.0. The molecule has 1 aromatic heterocycles. The Balaban J connectivity index is 1.73. The Morgan fingerprint density at radius 3 is 2.77 bits per heavy atom. The first-order chi connectivity index (χ1) is 14.6. The standard InChI is InChI=1S/C23H26N6O/c1-28-22(30)19(20(24)29-18-13-7-12-17(18)27-23(28)29)21(25-14-15-8-5-6-9-15)26-16-10-3-2-4-11-16/h2-4,10-12,14,18,24-26H,5-9,13H2,1H3/b21-19-,24-20?/t18-/m0/s1. The van der Waals surface area contributed by atoms with Crippen LogP contribution in [0.25, 0.3) is 5.82 Å². The minimum Gasteiger partial charge on any atom is -0.347 e. The third-order valence-electron chi connectivity index (χ3n) is 6.15. The molecule has 154 valence electrons. The molecular formula is C23H26N6O. The maximum Gasteiger partial charge on any atom is 0.267 e. The zero-order valence-electron chi connectivity index (χ0n) is 17.1. The van der Waals surface area contributed by atoms with E-state index in [4.69, 9.17) is 5.41 Å². The normalized spacial score (nSPS) is 20.2. The zero-order chi connectivity index (χ0) is 20.7. The van der Waals surface area contributed by atoms with Gasteiger partial charge in [-0.15, -0.1) is 0 Å². The highest BCUT2D eigenvalue weighted by Crippen LogP contribution is 2.31. The molecule has 1 saturated carbocycles. The predicted molar refractivity (Wildman–Crippen MR) is 116 cm³/mol. The van der Waals surface area contributed by atoms with Crippen molar-refractivity contribution >= 4 is 11.5 Å². The fourth-order valence-corrected chi connectivity index (χ4v) is 4.55. The summed E-state index contributed by atoms with van der Waals surface area (Å²) in [7, 11) is 1.73. The van der Waals surface area contributed by atoms with Crippen molar-refractivity contribution < 1.29 is 0 Å². The van der Waals surface area contributed by atoms with E-state index in [1.54, 1.807) is 11.6 Å². The van der Waals surface area contributed by atoms with Crippen LogP contribution in [0.5, 0.6) is 0 Å². The molecule has 0 radical (unpaired) electrons. The Morgan fingerprint density at radius 1 is 1.23 bits per heavy atom. The second-order valence-electron chi connectivity index (χ2n) is 8.11. The lowest BCUT2D eigenvalue weighted by Crippen LogP contribution is -2.59. The monoisotopic (exact) mass is 402 g/mol. The quantitative estimate of drug-likeness (QED) is 0.728. The average molecular weight is 403 g/mol. The number of hydrogen-bond donors (Lipinski definition) is 3. The van der Waals surface area contributed by atoms with Gasteiger partial charge in [0.1, 0.15) is 16.5 Å². The van der Waals surface area contributed by atoms with Crippen molar-refractivity contribution in [1.29, 1.82) is 5.41 Å². The minimum atomic E-state index is -0.230. The number of aromatic nitrogens is 2. The molecule has 0 saturated heterocycles. The van der Waals surface area contributed by atoms with Gasteiger partial charge in [-0.05, 0) is 50.7 Å². The van der Waals surface area contributed by atoms with Crippen LogP contribution in [-0.2, 0) is 7.05 Å². The van der Waals surface area contributed by atoms with Gasteiger partial charge in [0, 0.05) is 18.9 Å². The molecule has 3 aliphatic rings. The molecule has 1 aromatic carbocycles. The van der Waals surface area contributed by atoms with Crippen LogP contribution < -0.4 is 32.5 Å². The largest absolute Gasteiger partial charge is 0.347 e. The maximum absolute atomic E-state index is 13.3. The molecule has 0 bridgehead atoms. The van der Waals surface area contributed by atoms with Crippen LogP contribution in [0, 0.1) is 5.41 Å². The third kappa shape index (κ3) is 3.10. The minimum absolute atomic E-state index is 0.0456. The van der Waals surface area contributed by atoms with Gasteiger partial charge >= 0.3 is 0 Å². The van der Waals surface area contributed by atoms with Crippen LogP contribution in [0.4, 0.5) is 5.69 Å². The van der Waals surface area contributed by atoms with Crippen molar-refractivity contribution in [3.8, 4) is 0 Å². The molecule has 5 rings (SSSR count). The fraction of sp³-hybridized carbons (Fsp3) is 0.348. The SMILES string of the molecule is Cn1c(=O)/c(=C(/NC=C2CCCC2)Nc2ccccc2)c(=N)n2c1=NC1=CCC[C@@H]12. The van der Waals surface area contributed by atoms with Crippen molar-refractivity contribution in [3.05, 3.63) is 80.6 Å². The summed E-state index contributed by atoms with van der Waals surface area (Å²) in [5.41, 5.74) is 3.69. The van der Waals surface area contributed by atoms with Gasteiger partial charge < -0.3 is 10.6 Å². The van der Waals surface area contributed by atoms with Gasteiger partial charge in [-0.25, -0.2) is 4.99 Å². The van der Waals surface area contributed by atoms with Crippen LogP contribution in [-0.4, -0.2) is 9.13 Å². The molecular weight excluding hydrogens is 376 g/mol. The number of rotatable bonds is 4. The second-order valence-corrected chi connectivity index (χ2v) is 8.11. The van der Waals surface area contributed by atoms with E-state index < -0.39 is 0 Å². The summed E-state index contributed by atoms with van der Waals surface area (Å²) >= 11 is 0. The molecule has 1 fully saturated rings. The number of nitrogens with zero attached hydrogens (tertiary/aromatic N) is 3. The molecule has 0 unspecified atom stereocenters. The maximum atomic E-state index is 13.3. The van der Waals surface area contributed by atoms with E-state index in [0.717, 1.165) is 37.1 Å². The summed E-state index contributed by atoms with van der Waals surface area (Å²) < 4.78 is 3.45. The first kappa shape index (κ1) is 18.7. The van der Waals surface area contributed by atoms with E-state index in [2.05, 4.69) is 21.7 Å². The Morgan fingerprint density at radius 2 is 2.00 bits per heavy atom. The van der Waals surface area contributed by atoms with Crippen molar-refractivity contribution in [2.45, 2.75) is 44.6 Å². The number of para-hydroxylation sites is 1. The van der Waals surface area contributed by atoms with Gasteiger partial charge in [0.2, 0.25) is 5.62 Å². The van der Waals surface area contributed by atoms with E-state index in [0.29, 0.717) is 16.7 Å². The number of anilines is 1. The van der Waals surface area contributed by atoms with Gasteiger partial charge in [-0.3, -0.25) is 19.3 Å². The lowest BCUT2D eigenvalue weighted by atomic mass is 10.2. The Labute approximate surface area is 174 Å². The number of hydrogen-bond acceptors (Lipinski definition) is 5. The van der Waals surface area contributed by atoms with Crippen molar-refractivity contribution in [2.24, 2.45) is 12.0 Å². The molecule has 30 heavy (non-hydrogen) atoms. The van der Waals surface area contributed by atoms with Crippen molar-refractivity contribution in [3.63, 3.8) is 0 Å². The average Bonchev–Trinajstić information content (AvgIpc) is 3.48. The fourth-order valence-electron chi connectivity index (χ4n) is 4.55. The Bertz CT molecular complexity index is 1290. The van der Waals surface area contributed by atoms with Crippen molar-refractivity contribution in [1.82, 2.24) is 14.5 Å². The number of nitrogens with one attached hydrogen (secondary N) is 3. The lowest BCUT2D eigenvalue weighted by molar-refractivity contribution is 0.511. The first-order valence-electron chi connectivity index (χ1n) is 10.6. The van der Waals surface area contributed by atoms with E-state index in [-0.39, 0.29) is 17.1 Å². The molecule has 7 nitrogen and oxygen atoms in total.